The van der Waals surface area contributed by atoms with E-state index in [2.05, 4.69) is 20.5 Å². The van der Waals surface area contributed by atoms with Crippen molar-refractivity contribution in [3.05, 3.63) is 69.1 Å². The number of anilines is 1. The first-order valence-corrected chi connectivity index (χ1v) is 8.87. The van der Waals surface area contributed by atoms with Crippen LogP contribution in [-0.4, -0.2) is 27.0 Å². The number of carbonyl (C=O) groups is 1. The lowest BCUT2D eigenvalue weighted by Gasteiger charge is -1.98. The van der Waals surface area contributed by atoms with Crippen molar-refractivity contribution in [3.63, 3.8) is 0 Å². The minimum atomic E-state index is -0.488. The van der Waals surface area contributed by atoms with Crippen molar-refractivity contribution in [2.45, 2.75) is 0 Å². The Morgan fingerprint density at radius 2 is 1.82 bits per heavy atom. The second-order valence-corrected chi connectivity index (χ2v) is 6.76. The molecule has 9 nitrogen and oxygen atoms in total. The van der Waals surface area contributed by atoms with Crippen molar-refractivity contribution >= 4 is 56.2 Å². The Morgan fingerprint density at radius 3 is 2.50 bits per heavy atom. The number of nitrogens with two attached hydrogens (primary N) is 1. The summed E-state index contributed by atoms with van der Waals surface area (Å²) in [5.41, 5.74) is 11.2. The number of thiophene rings is 1. The normalized spacial score (nSPS) is 11.3. The molecule has 0 atom stereocenters. The molecule has 0 fully saturated rings. The average Bonchev–Trinajstić information content (AvgIpc) is 3.02. The summed E-state index contributed by atoms with van der Waals surface area (Å²) in [4.78, 5) is 32.4. The molecular weight excluding hydrogens is 380 g/mol. The van der Waals surface area contributed by atoms with E-state index in [1.165, 1.54) is 30.5 Å². The summed E-state index contributed by atoms with van der Waals surface area (Å²) < 4.78 is 0. The van der Waals surface area contributed by atoms with E-state index in [1.54, 1.807) is 0 Å². The van der Waals surface area contributed by atoms with Gasteiger partial charge in [-0.15, -0.1) is 11.3 Å². The summed E-state index contributed by atoms with van der Waals surface area (Å²) in [6, 6.07) is 13.2. The summed E-state index contributed by atoms with van der Waals surface area (Å²) in [6.07, 6.45) is 1.38. The number of hydrogen-bond donors (Lipinski definition) is 2. The van der Waals surface area contributed by atoms with Crippen LogP contribution in [0.15, 0.2) is 53.6 Å². The number of benzene rings is 2. The van der Waals surface area contributed by atoms with Crippen LogP contribution in [0.3, 0.4) is 0 Å². The van der Waals surface area contributed by atoms with E-state index in [-0.39, 0.29) is 16.3 Å². The van der Waals surface area contributed by atoms with Crippen LogP contribution in [0.2, 0.25) is 0 Å². The number of aromatic nitrogens is 2. The molecule has 1 amide bonds. The van der Waals surface area contributed by atoms with Crippen LogP contribution in [-0.2, 0) is 0 Å². The number of nitro benzene ring substituents is 1. The van der Waals surface area contributed by atoms with Crippen LogP contribution in [0.5, 0.6) is 0 Å². The molecule has 0 spiro atoms. The van der Waals surface area contributed by atoms with E-state index >= 15 is 0 Å². The monoisotopic (exact) mass is 392 g/mol. The highest BCUT2D eigenvalue weighted by molar-refractivity contribution is 7.21. The van der Waals surface area contributed by atoms with E-state index in [4.69, 9.17) is 5.73 Å². The highest BCUT2D eigenvalue weighted by Crippen LogP contribution is 2.32. The predicted octanol–water partition coefficient (Wildman–Crippen LogP) is 3.10. The van der Waals surface area contributed by atoms with Crippen molar-refractivity contribution in [1.29, 1.82) is 0 Å². The molecule has 2 heterocycles. The Bertz CT molecular complexity index is 1250. The van der Waals surface area contributed by atoms with Gasteiger partial charge in [0.2, 0.25) is 0 Å². The van der Waals surface area contributed by atoms with Gasteiger partial charge in [-0.1, -0.05) is 12.1 Å². The molecule has 10 heteroatoms. The summed E-state index contributed by atoms with van der Waals surface area (Å²) in [7, 11) is 0. The van der Waals surface area contributed by atoms with Crippen LogP contribution >= 0.6 is 11.3 Å². The van der Waals surface area contributed by atoms with Crippen molar-refractivity contribution in [2.24, 2.45) is 5.10 Å². The standard InChI is InChI=1S/C18H12N6O3S/c19-14-15-18(22-13-4-2-1-3-12(13)21-15)28-16(14)17(25)23-20-9-10-5-7-11(8-6-10)24(26)27/h1-9H,19H2,(H,23,25)/b20-9+. The molecule has 0 aliphatic rings. The highest BCUT2D eigenvalue weighted by Gasteiger charge is 2.18. The van der Waals surface area contributed by atoms with Gasteiger partial charge in [0.1, 0.15) is 15.2 Å². The van der Waals surface area contributed by atoms with E-state index in [0.717, 1.165) is 16.9 Å². The van der Waals surface area contributed by atoms with Crippen molar-refractivity contribution in [3.8, 4) is 0 Å². The van der Waals surface area contributed by atoms with Gasteiger partial charge in [-0.2, -0.15) is 5.10 Å². The number of carbonyl (C=O) groups excluding carboxylic acids is 1. The van der Waals surface area contributed by atoms with Crippen LogP contribution in [0, 0.1) is 10.1 Å². The smallest absolute Gasteiger partial charge is 0.283 e. The number of nitrogens with one attached hydrogen (secondary N) is 1. The third-order valence-corrected chi connectivity index (χ3v) is 5.01. The molecule has 0 saturated carbocycles. The third kappa shape index (κ3) is 3.23. The van der Waals surface area contributed by atoms with Gasteiger partial charge in [0.05, 0.1) is 27.9 Å². The number of nitrogens with zero attached hydrogens (tertiary/aromatic N) is 4. The summed E-state index contributed by atoms with van der Waals surface area (Å²) in [6.45, 7) is 0. The number of para-hydroxylation sites is 2. The molecule has 2 aromatic carbocycles. The van der Waals surface area contributed by atoms with Gasteiger partial charge in [-0.25, -0.2) is 15.4 Å². The molecule has 138 valence electrons. The highest BCUT2D eigenvalue weighted by atomic mass is 32.1. The van der Waals surface area contributed by atoms with Crippen molar-refractivity contribution < 1.29 is 9.72 Å². The van der Waals surface area contributed by atoms with Gasteiger partial charge >= 0.3 is 0 Å². The van der Waals surface area contributed by atoms with E-state index in [9.17, 15) is 14.9 Å². The fourth-order valence-electron chi connectivity index (χ4n) is 2.56. The van der Waals surface area contributed by atoms with Gasteiger partial charge in [-0.3, -0.25) is 14.9 Å². The predicted molar refractivity (Wildman–Crippen MR) is 107 cm³/mol. The maximum atomic E-state index is 12.4. The lowest BCUT2D eigenvalue weighted by atomic mass is 10.2. The van der Waals surface area contributed by atoms with E-state index in [1.807, 2.05) is 24.3 Å². The maximum Gasteiger partial charge on any atom is 0.283 e. The van der Waals surface area contributed by atoms with E-state index < -0.39 is 10.8 Å². The molecule has 0 radical (unpaired) electrons. The summed E-state index contributed by atoms with van der Waals surface area (Å²) in [5, 5.41) is 14.5. The zero-order chi connectivity index (χ0) is 19.7. The van der Waals surface area contributed by atoms with Crippen LogP contribution in [0.1, 0.15) is 15.2 Å². The fourth-order valence-corrected chi connectivity index (χ4v) is 3.49. The van der Waals surface area contributed by atoms with Gasteiger partial charge in [0.25, 0.3) is 11.6 Å². The molecule has 0 bridgehead atoms. The molecule has 2 aromatic heterocycles. The van der Waals surface area contributed by atoms with Gasteiger partial charge in [0, 0.05) is 12.1 Å². The fraction of sp³-hybridized carbons (Fsp3) is 0. The number of amides is 1. The average molecular weight is 392 g/mol. The van der Waals surface area contributed by atoms with Gasteiger partial charge in [-0.05, 0) is 29.8 Å². The van der Waals surface area contributed by atoms with Crippen molar-refractivity contribution in [2.75, 3.05) is 5.73 Å². The number of nitrogen functional groups attached to an aromatic ring is 1. The number of rotatable bonds is 4. The first-order chi connectivity index (χ1) is 13.5. The molecule has 28 heavy (non-hydrogen) atoms. The first kappa shape index (κ1) is 17.5. The molecule has 0 aliphatic carbocycles. The second-order valence-electron chi connectivity index (χ2n) is 5.76. The van der Waals surface area contributed by atoms with Crippen LogP contribution in [0.4, 0.5) is 11.4 Å². The summed E-state index contributed by atoms with van der Waals surface area (Å²) >= 11 is 1.14. The molecular formula is C18H12N6O3S. The molecule has 0 unspecified atom stereocenters. The van der Waals surface area contributed by atoms with Crippen LogP contribution in [0.25, 0.3) is 21.4 Å². The quantitative estimate of drug-likeness (QED) is 0.311. The lowest BCUT2D eigenvalue weighted by Crippen LogP contribution is -2.17. The number of non-ortho nitro benzene ring substituents is 1. The Hall–Kier alpha value is -3.92. The number of hydrazone groups is 1. The molecule has 4 rings (SSSR count). The maximum absolute atomic E-state index is 12.4. The number of fused-ring (bicyclic) bond motifs is 2. The zero-order valence-corrected chi connectivity index (χ0v) is 15.0. The molecule has 0 aliphatic heterocycles. The number of hydrogen-bond acceptors (Lipinski definition) is 8. The number of nitro groups is 1. The third-order valence-electron chi connectivity index (χ3n) is 3.93. The Balaban J connectivity index is 1.55. The Labute approximate surface area is 161 Å². The second kappa shape index (κ2) is 7.00. The topological polar surface area (TPSA) is 136 Å². The largest absolute Gasteiger partial charge is 0.396 e. The van der Waals surface area contributed by atoms with Gasteiger partial charge in [0.15, 0.2) is 0 Å². The molecule has 0 saturated heterocycles. The zero-order valence-electron chi connectivity index (χ0n) is 14.2. The van der Waals surface area contributed by atoms with E-state index in [0.29, 0.717) is 21.4 Å². The Kier molecular flexibility index (Phi) is 4.38. The van der Waals surface area contributed by atoms with Crippen molar-refractivity contribution in [1.82, 2.24) is 15.4 Å². The summed E-state index contributed by atoms with van der Waals surface area (Å²) in [5.74, 6) is -0.482. The Morgan fingerprint density at radius 1 is 1.14 bits per heavy atom. The molecule has 4 aromatic rings. The molecule has 3 N–H and O–H groups in total. The SMILES string of the molecule is Nc1c(C(=O)N/N=C/c2ccc([N+](=O)[O-])cc2)sc2nc3ccccc3nc12. The van der Waals surface area contributed by atoms with Gasteiger partial charge < -0.3 is 5.73 Å². The first-order valence-electron chi connectivity index (χ1n) is 8.05. The minimum absolute atomic E-state index is 0.0216. The van der Waals surface area contributed by atoms with Crippen LogP contribution < -0.4 is 11.2 Å². The minimum Gasteiger partial charge on any atom is -0.396 e. The lowest BCUT2D eigenvalue weighted by molar-refractivity contribution is -0.384.